The van der Waals surface area contributed by atoms with Gasteiger partial charge in [-0.15, -0.1) is 0 Å². The molecule has 1 aliphatic rings. The second-order valence-electron chi connectivity index (χ2n) is 5.14. The number of rotatable bonds is 3. The quantitative estimate of drug-likeness (QED) is 0.901. The van der Waals surface area contributed by atoms with Crippen LogP contribution in [0, 0.1) is 0 Å². The van der Waals surface area contributed by atoms with Crippen molar-refractivity contribution in [1.29, 1.82) is 0 Å². The summed E-state index contributed by atoms with van der Waals surface area (Å²) in [6.07, 6.45) is 5.30. The third-order valence-corrected chi connectivity index (χ3v) is 6.56. The largest absolute Gasteiger partial charge is 0.326 e. The Balaban J connectivity index is 2.32. The molecule has 0 aliphatic carbocycles. The second-order valence-corrected chi connectivity index (χ2v) is 7.90. The zero-order valence-corrected chi connectivity index (χ0v) is 13.9. The van der Waals surface area contributed by atoms with E-state index in [4.69, 9.17) is 5.73 Å². The molecule has 0 atom stereocenters. The molecule has 20 heavy (non-hydrogen) atoms. The van der Waals surface area contributed by atoms with E-state index in [2.05, 4.69) is 15.9 Å². The molecule has 6 heteroatoms. The number of hydrogen-bond acceptors (Lipinski definition) is 3. The molecule has 1 aliphatic heterocycles. The van der Waals surface area contributed by atoms with Gasteiger partial charge >= 0.3 is 0 Å². The SMILES string of the molecule is NCc1ccc(Br)c(S(=O)(=O)N2CCCCCCC2)c1. The van der Waals surface area contributed by atoms with Crippen LogP contribution in [0.3, 0.4) is 0 Å². The molecule has 2 rings (SSSR count). The molecule has 0 bridgehead atoms. The van der Waals surface area contributed by atoms with E-state index in [0.717, 1.165) is 31.2 Å². The summed E-state index contributed by atoms with van der Waals surface area (Å²) >= 11 is 3.35. The number of halogens is 1. The van der Waals surface area contributed by atoms with Crippen molar-refractivity contribution in [2.45, 2.75) is 43.5 Å². The minimum atomic E-state index is -3.43. The zero-order valence-electron chi connectivity index (χ0n) is 11.5. The van der Waals surface area contributed by atoms with Gasteiger partial charge in [-0.25, -0.2) is 8.42 Å². The first-order valence-electron chi connectivity index (χ1n) is 7.04. The van der Waals surface area contributed by atoms with Gasteiger partial charge in [-0.1, -0.05) is 25.3 Å². The van der Waals surface area contributed by atoms with Crippen LogP contribution in [-0.2, 0) is 16.6 Å². The zero-order chi connectivity index (χ0) is 14.6. The highest BCUT2D eigenvalue weighted by atomic mass is 79.9. The first-order chi connectivity index (χ1) is 9.55. The van der Waals surface area contributed by atoms with Crippen molar-refractivity contribution in [2.24, 2.45) is 5.73 Å². The summed E-state index contributed by atoms with van der Waals surface area (Å²) in [5.74, 6) is 0. The van der Waals surface area contributed by atoms with Crippen LogP contribution >= 0.6 is 15.9 Å². The lowest BCUT2D eigenvalue weighted by Gasteiger charge is -2.24. The van der Waals surface area contributed by atoms with E-state index in [9.17, 15) is 8.42 Å². The Labute approximate surface area is 129 Å². The first kappa shape index (κ1) is 15.9. The minimum absolute atomic E-state index is 0.334. The molecule has 0 unspecified atom stereocenters. The van der Waals surface area contributed by atoms with Crippen LogP contribution in [0.4, 0.5) is 0 Å². The standard InChI is InChI=1S/C14H21BrN2O2S/c15-13-7-6-12(11-16)10-14(13)20(18,19)17-8-4-2-1-3-5-9-17/h6-7,10H,1-5,8-9,11,16H2. The smallest absolute Gasteiger partial charge is 0.244 e. The molecule has 0 radical (unpaired) electrons. The third-order valence-electron chi connectivity index (χ3n) is 3.66. The molecule has 0 spiro atoms. The highest BCUT2D eigenvalue weighted by Crippen LogP contribution is 2.27. The summed E-state index contributed by atoms with van der Waals surface area (Å²) in [4.78, 5) is 0.334. The lowest BCUT2D eigenvalue weighted by molar-refractivity contribution is 0.364. The Morgan fingerprint density at radius 1 is 1.10 bits per heavy atom. The first-order valence-corrected chi connectivity index (χ1v) is 9.27. The van der Waals surface area contributed by atoms with Gasteiger partial charge in [-0.3, -0.25) is 0 Å². The van der Waals surface area contributed by atoms with Gasteiger partial charge in [0.25, 0.3) is 0 Å². The number of sulfonamides is 1. The lowest BCUT2D eigenvalue weighted by Crippen LogP contribution is -2.34. The molecule has 1 heterocycles. The number of nitrogens with zero attached hydrogens (tertiary/aromatic N) is 1. The van der Waals surface area contributed by atoms with Crippen LogP contribution in [0.2, 0.25) is 0 Å². The summed E-state index contributed by atoms with van der Waals surface area (Å²) in [6, 6.07) is 5.29. The molecule has 1 saturated heterocycles. The van der Waals surface area contributed by atoms with E-state index < -0.39 is 10.0 Å². The predicted molar refractivity (Wildman–Crippen MR) is 83.9 cm³/mol. The van der Waals surface area contributed by atoms with Crippen LogP contribution < -0.4 is 5.73 Å². The Hall–Kier alpha value is -0.430. The highest BCUT2D eigenvalue weighted by Gasteiger charge is 2.26. The fourth-order valence-electron chi connectivity index (χ4n) is 2.47. The van der Waals surface area contributed by atoms with Crippen LogP contribution in [0.15, 0.2) is 27.6 Å². The lowest BCUT2D eigenvalue weighted by atomic mass is 10.1. The van der Waals surface area contributed by atoms with Crippen molar-refractivity contribution in [3.05, 3.63) is 28.2 Å². The molecule has 1 aromatic rings. The molecular weight excluding hydrogens is 340 g/mol. The van der Waals surface area contributed by atoms with Crippen LogP contribution in [-0.4, -0.2) is 25.8 Å². The molecule has 112 valence electrons. The van der Waals surface area contributed by atoms with E-state index in [1.807, 2.05) is 6.07 Å². The minimum Gasteiger partial charge on any atom is -0.326 e. The summed E-state index contributed by atoms with van der Waals surface area (Å²) in [6.45, 7) is 1.57. The molecule has 2 N–H and O–H groups in total. The maximum atomic E-state index is 12.8. The maximum Gasteiger partial charge on any atom is 0.244 e. The van der Waals surface area contributed by atoms with Gasteiger partial charge in [0.15, 0.2) is 0 Å². The normalized spacial score (nSPS) is 18.5. The topological polar surface area (TPSA) is 63.4 Å². The molecule has 4 nitrogen and oxygen atoms in total. The molecular formula is C14H21BrN2O2S. The fourth-order valence-corrected chi connectivity index (χ4v) is 4.96. The van der Waals surface area contributed by atoms with Gasteiger partial charge in [0.05, 0.1) is 4.90 Å². The Bertz CT molecular complexity index is 552. The Kier molecular flexibility index (Phi) is 5.60. The summed E-state index contributed by atoms with van der Waals surface area (Å²) in [5, 5.41) is 0. The van der Waals surface area contributed by atoms with Crippen LogP contribution in [0.5, 0.6) is 0 Å². The Morgan fingerprint density at radius 3 is 2.30 bits per heavy atom. The van der Waals surface area contributed by atoms with Crippen molar-refractivity contribution in [3.8, 4) is 0 Å². The second kappa shape index (κ2) is 7.02. The molecule has 0 saturated carbocycles. The highest BCUT2D eigenvalue weighted by molar-refractivity contribution is 9.10. The third kappa shape index (κ3) is 3.61. The summed E-state index contributed by atoms with van der Waals surface area (Å²) in [5.41, 5.74) is 6.44. The average Bonchev–Trinajstić information content (AvgIpc) is 2.38. The summed E-state index contributed by atoms with van der Waals surface area (Å²) in [7, 11) is -3.43. The fraction of sp³-hybridized carbons (Fsp3) is 0.571. The number of nitrogens with two attached hydrogens (primary N) is 1. The van der Waals surface area contributed by atoms with Gasteiger partial charge in [-0.2, -0.15) is 4.31 Å². The predicted octanol–water partition coefficient (Wildman–Crippen LogP) is 2.86. The van der Waals surface area contributed by atoms with Gasteiger partial charge in [0, 0.05) is 24.1 Å². The van der Waals surface area contributed by atoms with Gasteiger partial charge in [-0.05, 0) is 46.5 Å². The number of hydrogen-bond donors (Lipinski definition) is 1. The van der Waals surface area contributed by atoms with E-state index >= 15 is 0 Å². The van der Waals surface area contributed by atoms with Gasteiger partial charge in [0.2, 0.25) is 10.0 Å². The van der Waals surface area contributed by atoms with Crippen molar-refractivity contribution in [1.82, 2.24) is 4.31 Å². The van der Waals surface area contributed by atoms with Crippen molar-refractivity contribution in [3.63, 3.8) is 0 Å². The molecule has 1 fully saturated rings. The van der Waals surface area contributed by atoms with Crippen molar-refractivity contribution < 1.29 is 8.42 Å². The Morgan fingerprint density at radius 2 is 1.70 bits per heavy atom. The maximum absolute atomic E-state index is 12.8. The molecule has 1 aromatic carbocycles. The van der Waals surface area contributed by atoms with Gasteiger partial charge < -0.3 is 5.73 Å². The number of benzene rings is 1. The van der Waals surface area contributed by atoms with Gasteiger partial charge in [0.1, 0.15) is 0 Å². The van der Waals surface area contributed by atoms with E-state index in [1.54, 1.807) is 16.4 Å². The van der Waals surface area contributed by atoms with Crippen molar-refractivity contribution in [2.75, 3.05) is 13.1 Å². The van der Waals surface area contributed by atoms with Crippen LogP contribution in [0.1, 0.15) is 37.7 Å². The molecule has 0 aromatic heterocycles. The average molecular weight is 361 g/mol. The monoisotopic (exact) mass is 360 g/mol. The molecule has 0 amide bonds. The van der Waals surface area contributed by atoms with E-state index in [0.29, 0.717) is 29.0 Å². The van der Waals surface area contributed by atoms with E-state index in [1.165, 1.54) is 6.42 Å². The van der Waals surface area contributed by atoms with Crippen molar-refractivity contribution >= 4 is 26.0 Å². The van der Waals surface area contributed by atoms with Crippen LogP contribution in [0.25, 0.3) is 0 Å². The summed E-state index contributed by atoms with van der Waals surface area (Å²) < 4.78 is 27.8. The van der Waals surface area contributed by atoms with E-state index in [-0.39, 0.29) is 0 Å².